The first-order chi connectivity index (χ1) is 6.27. The largest absolute Gasteiger partial charge is 0.0817 e. The standard InChI is InChI=1S/C13H22/c1-10(2)12-6-4-3-5-11-7-8-13(11)9-12/h9-11,13H,3-8H2,1-2H3. The van der Waals surface area contributed by atoms with Crippen molar-refractivity contribution in [3.05, 3.63) is 11.6 Å². The zero-order valence-electron chi connectivity index (χ0n) is 9.05. The Morgan fingerprint density at radius 1 is 1.15 bits per heavy atom. The Kier molecular flexibility index (Phi) is 2.76. The second-order valence-corrected chi connectivity index (χ2v) is 5.14. The van der Waals surface area contributed by atoms with Gasteiger partial charge in [-0.3, -0.25) is 0 Å². The SMILES string of the molecule is CC(C)C1=CC2CCC2CCCC1. The Hall–Kier alpha value is -0.260. The Balaban J connectivity index is 2.06. The highest BCUT2D eigenvalue weighted by Gasteiger charge is 2.29. The molecule has 0 saturated heterocycles. The van der Waals surface area contributed by atoms with Gasteiger partial charge in [0.05, 0.1) is 0 Å². The molecule has 1 fully saturated rings. The van der Waals surface area contributed by atoms with Gasteiger partial charge in [-0.05, 0) is 49.9 Å². The number of hydrogen-bond donors (Lipinski definition) is 0. The van der Waals surface area contributed by atoms with Crippen LogP contribution in [0, 0.1) is 17.8 Å². The summed E-state index contributed by atoms with van der Waals surface area (Å²) in [7, 11) is 0. The topological polar surface area (TPSA) is 0 Å². The Morgan fingerprint density at radius 2 is 2.00 bits per heavy atom. The minimum atomic E-state index is 0.791. The van der Waals surface area contributed by atoms with Crippen LogP contribution in [0.1, 0.15) is 52.4 Å². The molecule has 0 amide bonds. The smallest absolute Gasteiger partial charge is 0.0202 e. The summed E-state index contributed by atoms with van der Waals surface area (Å²) >= 11 is 0. The molecule has 0 spiro atoms. The van der Waals surface area contributed by atoms with E-state index in [9.17, 15) is 0 Å². The molecule has 2 aliphatic rings. The zero-order chi connectivity index (χ0) is 9.26. The molecule has 0 nitrogen and oxygen atoms in total. The van der Waals surface area contributed by atoms with Crippen LogP contribution in [0.25, 0.3) is 0 Å². The molecule has 0 aliphatic heterocycles. The van der Waals surface area contributed by atoms with Crippen molar-refractivity contribution in [3.63, 3.8) is 0 Å². The first-order valence-corrected chi connectivity index (χ1v) is 5.98. The summed E-state index contributed by atoms with van der Waals surface area (Å²) in [4.78, 5) is 0. The van der Waals surface area contributed by atoms with Gasteiger partial charge in [0.2, 0.25) is 0 Å². The van der Waals surface area contributed by atoms with Gasteiger partial charge in [-0.15, -0.1) is 0 Å². The molecule has 13 heavy (non-hydrogen) atoms. The second kappa shape index (κ2) is 3.86. The number of rotatable bonds is 1. The predicted octanol–water partition coefficient (Wildman–Crippen LogP) is 4.17. The molecule has 74 valence electrons. The third-order valence-corrected chi connectivity index (χ3v) is 3.94. The molecule has 0 bridgehead atoms. The summed E-state index contributed by atoms with van der Waals surface area (Å²) in [6, 6.07) is 0. The van der Waals surface area contributed by atoms with Crippen LogP contribution in [0.2, 0.25) is 0 Å². The summed E-state index contributed by atoms with van der Waals surface area (Å²) in [5, 5.41) is 0. The second-order valence-electron chi connectivity index (χ2n) is 5.14. The molecule has 2 atom stereocenters. The molecule has 1 saturated carbocycles. The van der Waals surface area contributed by atoms with E-state index in [2.05, 4.69) is 19.9 Å². The maximum Gasteiger partial charge on any atom is -0.0202 e. The van der Waals surface area contributed by atoms with Crippen molar-refractivity contribution in [2.75, 3.05) is 0 Å². The Morgan fingerprint density at radius 3 is 2.62 bits per heavy atom. The monoisotopic (exact) mass is 178 g/mol. The van der Waals surface area contributed by atoms with E-state index < -0.39 is 0 Å². The third-order valence-electron chi connectivity index (χ3n) is 3.94. The van der Waals surface area contributed by atoms with E-state index in [0.717, 1.165) is 17.8 Å². The van der Waals surface area contributed by atoms with Gasteiger partial charge in [-0.2, -0.15) is 0 Å². The van der Waals surface area contributed by atoms with Gasteiger partial charge >= 0.3 is 0 Å². The van der Waals surface area contributed by atoms with Crippen molar-refractivity contribution >= 4 is 0 Å². The van der Waals surface area contributed by atoms with Crippen molar-refractivity contribution in [3.8, 4) is 0 Å². The third kappa shape index (κ3) is 1.98. The average molecular weight is 178 g/mol. The highest BCUT2D eigenvalue weighted by atomic mass is 14.3. The molecule has 0 aromatic carbocycles. The minimum absolute atomic E-state index is 0.791. The highest BCUT2D eigenvalue weighted by Crippen LogP contribution is 2.42. The minimum Gasteiger partial charge on any atom is -0.0817 e. The van der Waals surface area contributed by atoms with Gasteiger partial charge in [0.1, 0.15) is 0 Å². The van der Waals surface area contributed by atoms with Crippen molar-refractivity contribution in [2.45, 2.75) is 52.4 Å². The fourth-order valence-corrected chi connectivity index (χ4v) is 2.75. The van der Waals surface area contributed by atoms with E-state index in [4.69, 9.17) is 0 Å². The summed E-state index contributed by atoms with van der Waals surface area (Å²) in [5.41, 5.74) is 1.74. The quantitative estimate of drug-likeness (QED) is 0.529. The fourth-order valence-electron chi connectivity index (χ4n) is 2.75. The number of fused-ring (bicyclic) bond motifs is 1. The molecule has 0 heteroatoms. The van der Waals surface area contributed by atoms with Gasteiger partial charge in [0, 0.05) is 0 Å². The summed E-state index contributed by atoms with van der Waals surface area (Å²) in [6.07, 6.45) is 11.4. The van der Waals surface area contributed by atoms with E-state index in [0.29, 0.717) is 0 Å². The summed E-state index contributed by atoms with van der Waals surface area (Å²) in [6.45, 7) is 4.70. The van der Waals surface area contributed by atoms with Gasteiger partial charge in [-0.1, -0.05) is 31.9 Å². The van der Waals surface area contributed by atoms with Crippen LogP contribution < -0.4 is 0 Å². The lowest BCUT2D eigenvalue weighted by atomic mass is 9.68. The van der Waals surface area contributed by atoms with E-state index in [1.165, 1.54) is 38.5 Å². The van der Waals surface area contributed by atoms with E-state index in [-0.39, 0.29) is 0 Å². The molecule has 2 rings (SSSR count). The van der Waals surface area contributed by atoms with Crippen molar-refractivity contribution in [1.29, 1.82) is 0 Å². The molecule has 2 unspecified atom stereocenters. The molecule has 2 aliphatic carbocycles. The molecular weight excluding hydrogens is 156 g/mol. The van der Waals surface area contributed by atoms with Crippen LogP contribution in [-0.2, 0) is 0 Å². The van der Waals surface area contributed by atoms with Crippen LogP contribution in [0.3, 0.4) is 0 Å². The number of allylic oxidation sites excluding steroid dienone is 2. The molecular formula is C13H22. The lowest BCUT2D eigenvalue weighted by Crippen LogP contribution is -2.25. The zero-order valence-corrected chi connectivity index (χ0v) is 9.05. The van der Waals surface area contributed by atoms with Crippen LogP contribution in [-0.4, -0.2) is 0 Å². The van der Waals surface area contributed by atoms with E-state index in [1.807, 2.05) is 0 Å². The molecule has 0 heterocycles. The normalized spacial score (nSPS) is 34.2. The molecule has 0 aromatic heterocycles. The van der Waals surface area contributed by atoms with Crippen LogP contribution in [0.15, 0.2) is 11.6 Å². The van der Waals surface area contributed by atoms with Gasteiger partial charge in [0.15, 0.2) is 0 Å². The van der Waals surface area contributed by atoms with Crippen molar-refractivity contribution in [2.24, 2.45) is 17.8 Å². The summed E-state index contributed by atoms with van der Waals surface area (Å²) < 4.78 is 0. The van der Waals surface area contributed by atoms with E-state index in [1.54, 1.807) is 5.57 Å². The average Bonchev–Trinajstić information content (AvgIpc) is 2.04. The van der Waals surface area contributed by atoms with E-state index >= 15 is 0 Å². The molecule has 0 radical (unpaired) electrons. The number of hydrogen-bond acceptors (Lipinski definition) is 0. The lowest BCUT2D eigenvalue weighted by molar-refractivity contribution is 0.200. The maximum absolute atomic E-state index is 2.62. The molecule has 0 aromatic rings. The molecule has 0 N–H and O–H groups in total. The summed E-state index contributed by atoms with van der Waals surface area (Å²) in [5.74, 6) is 2.83. The lowest BCUT2D eigenvalue weighted by Gasteiger charge is -2.37. The van der Waals surface area contributed by atoms with Gasteiger partial charge < -0.3 is 0 Å². The predicted molar refractivity (Wildman–Crippen MR) is 57.6 cm³/mol. The first-order valence-electron chi connectivity index (χ1n) is 5.98. The first kappa shape index (κ1) is 9.30. The van der Waals surface area contributed by atoms with Gasteiger partial charge in [0.25, 0.3) is 0 Å². The van der Waals surface area contributed by atoms with Crippen LogP contribution in [0.4, 0.5) is 0 Å². The Labute approximate surface area is 82.4 Å². The fraction of sp³-hybridized carbons (Fsp3) is 0.846. The van der Waals surface area contributed by atoms with Crippen LogP contribution >= 0.6 is 0 Å². The van der Waals surface area contributed by atoms with Crippen molar-refractivity contribution < 1.29 is 0 Å². The Bertz CT molecular complexity index is 200. The maximum atomic E-state index is 2.62. The highest BCUT2D eigenvalue weighted by molar-refractivity contribution is 5.11. The van der Waals surface area contributed by atoms with Crippen molar-refractivity contribution in [1.82, 2.24) is 0 Å². The van der Waals surface area contributed by atoms with Gasteiger partial charge in [-0.25, -0.2) is 0 Å². The van der Waals surface area contributed by atoms with Crippen LogP contribution in [0.5, 0.6) is 0 Å².